The van der Waals surface area contributed by atoms with Crippen molar-refractivity contribution >= 4 is 29.3 Å². The van der Waals surface area contributed by atoms with Gasteiger partial charge in [-0.15, -0.1) is 5.10 Å². The molecule has 3 aromatic rings. The van der Waals surface area contributed by atoms with Crippen LogP contribution in [0.15, 0.2) is 40.9 Å². The molecule has 2 aromatic heterocycles. The van der Waals surface area contributed by atoms with Crippen LogP contribution in [0.1, 0.15) is 54.4 Å². The summed E-state index contributed by atoms with van der Waals surface area (Å²) in [6.07, 6.45) is 6.37. The molecule has 2 aliphatic rings. The zero-order chi connectivity index (χ0) is 24.6. The lowest BCUT2D eigenvalue weighted by atomic mass is 9.77. The molecule has 0 bridgehead atoms. The predicted octanol–water partition coefficient (Wildman–Crippen LogP) is 4.58. The molecule has 1 unspecified atom stereocenters. The van der Waals surface area contributed by atoms with Crippen molar-refractivity contribution in [3.63, 3.8) is 0 Å². The Balaban J connectivity index is 1.15. The highest BCUT2D eigenvalue weighted by Crippen LogP contribution is 2.63. The first kappa shape index (κ1) is 22.9. The average molecular weight is 483 g/mol. The first-order chi connectivity index (χ1) is 16.9. The van der Waals surface area contributed by atoms with Crippen molar-refractivity contribution in [3.8, 4) is 0 Å². The molecule has 2 saturated carbocycles. The Morgan fingerprint density at radius 3 is 2.54 bits per heavy atom. The highest BCUT2D eigenvalue weighted by molar-refractivity contribution is 6.00. The third-order valence-electron chi connectivity index (χ3n) is 6.91. The van der Waals surface area contributed by atoms with Crippen molar-refractivity contribution in [3.05, 3.63) is 59.7 Å². The van der Waals surface area contributed by atoms with Gasteiger partial charge in [0.25, 0.3) is 0 Å². The van der Waals surface area contributed by atoms with Crippen LogP contribution in [0, 0.1) is 23.0 Å². The molecule has 2 fully saturated rings. The van der Waals surface area contributed by atoms with Crippen LogP contribution in [0.3, 0.4) is 0 Å². The van der Waals surface area contributed by atoms with E-state index in [1.54, 1.807) is 12.3 Å². The molecule has 0 aliphatic heterocycles. The van der Waals surface area contributed by atoms with Crippen molar-refractivity contribution < 1.29 is 27.5 Å². The predicted molar refractivity (Wildman–Crippen MR) is 120 cm³/mol. The molecular weight excluding hydrogens is 460 g/mol. The zero-order valence-electron chi connectivity index (χ0n) is 18.9. The SMILES string of the molecule is COC(=O)C1C[C@]12CC[C@@H](c1ccc(NC(=O)c3nnc(Nc4ccc(F)c(F)c4)o3)cn1)CC2. The van der Waals surface area contributed by atoms with E-state index in [0.717, 1.165) is 49.9 Å². The van der Waals surface area contributed by atoms with E-state index in [1.165, 1.54) is 13.2 Å². The number of halogens is 2. The van der Waals surface area contributed by atoms with Crippen LogP contribution < -0.4 is 10.6 Å². The number of hydrogen-bond donors (Lipinski definition) is 2. The van der Waals surface area contributed by atoms with Gasteiger partial charge in [0.1, 0.15) is 0 Å². The number of amides is 1. The van der Waals surface area contributed by atoms with Crippen molar-refractivity contribution in [2.75, 3.05) is 17.7 Å². The highest BCUT2D eigenvalue weighted by Gasteiger charge is 2.59. The third kappa shape index (κ3) is 4.71. The summed E-state index contributed by atoms with van der Waals surface area (Å²) in [5.41, 5.74) is 1.71. The first-order valence-corrected chi connectivity index (χ1v) is 11.3. The van der Waals surface area contributed by atoms with Gasteiger partial charge in [-0.25, -0.2) is 8.78 Å². The Labute approximate surface area is 199 Å². The Kier molecular flexibility index (Phi) is 5.91. The molecular formula is C24H23F2N5O4. The number of nitrogens with one attached hydrogen (secondary N) is 2. The average Bonchev–Trinajstić information content (AvgIpc) is 3.35. The number of carbonyl (C=O) groups excluding carboxylic acids is 2. The molecule has 1 spiro atoms. The lowest BCUT2D eigenvalue weighted by Gasteiger charge is -2.28. The maximum atomic E-state index is 13.3. The van der Waals surface area contributed by atoms with Crippen LogP contribution in [0.4, 0.5) is 26.2 Å². The Morgan fingerprint density at radius 2 is 1.86 bits per heavy atom. The molecule has 0 radical (unpaired) electrons. The second kappa shape index (κ2) is 9.05. The van der Waals surface area contributed by atoms with Gasteiger partial charge in [0, 0.05) is 23.4 Å². The van der Waals surface area contributed by atoms with E-state index >= 15 is 0 Å². The number of pyridine rings is 1. The largest absolute Gasteiger partial charge is 0.469 e. The maximum Gasteiger partial charge on any atom is 0.320 e. The molecule has 1 atom stereocenters. The number of nitrogens with zero attached hydrogens (tertiary/aromatic N) is 3. The number of methoxy groups -OCH3 is 1. The van der Waals surface area contributed by atoms with Crippen molar-refractivity contribution in [2.24, 2.45) is 11.3 Å². The molecule has 11 heteroatoms. The summed E-state index contributed by atoms with van der Waals surface area (Å²) in [5.74, 6) is -2.71. The summed E-state index contributed by atoms with van der Waals surface area (Å²) in [7, 11) is 1.44. The van der Waals surface area contributed by atoms with Crippen LogP contribution in [-0.2, 0) is 9.53 Å². The number of benzene rings is 1. The minimum Gasteiger partial charge on any atom is -0.469 e. The van der Waals surface area contributed by atoms with Crippen molar-refractivity contribution in [2.45, 2.75) is 38.0 Å². The fourth-order valence-electron chi connectivity index (χ4n) is 4.83. The normalized spacial score (nSPS) is 23.1. The maximum absolute atomic E-state index is 13.3. The monoisotopic (exact) mass is 483 g/mol. The van der Waals surface area contributed by atoms with Gasteiger partial charge in [0.05, 0.1) is 24.9 Å². The number of esters is 1. The second-order valence-corrected chi connectivity index (χ2v) is 9.01. The molecule has 5 rings (SSSR count). The van der Waals surface area contributed by atoms with Gasteiger partial charge in [-0.2, -0.15) is 0 Å². The third-order valence-corrected chi connectivity index (χ3v) is 6.91. The smallest absolute Gasteiger partial charge is 0.320 e. The quantitative estimate of drug-likeness (QED) is 0.489. The Hall–Kier alpha value is -3.89. The van der Waals surface area contributed by atoms with Gasteiger partial charge in [-0.3, -0.25) is 14.6 Å². The minimum atomic E-state index is -1.03. The van der Waals surface area contributed by atoms with Gasteiger partial charge in [-0.1, -0.05) is 5.10 Å². The van der Waals surface area contributed by atoms with Crippen molar-refractivity contribution in [1.82, 2.24) is 15.2 Å². The summed E-state index contributed by atoms with van der Waals surface area (Å²) < 4.78 is 36.5. The molecule has 1 amide bonds. The van der Waals surface area contributed by atoms with Gasteiger partial charge < -0.3 is 19.8 Å². The van der Waals surface area contributed by atoms with E-state index in [4.69, 9.17) is 9.15 Å². The number of hydrogen-bond acceptors (Lipinski definition) is 8. The van der Waals surface area contributed by atoms with Crippen LogP contribution in [0.25, 0.3) is 0 Å². The van der Waals surface area contributed by atoms with Crippen LogP contribution in [0.2, 0.25) is 0 Å². The lowest BCUT2D eigenvalue weighted by molar-refractivity contribution is -0.143. The summed E-state index contributed by atoms with van der Waals surface area (Å²) >= 11 is 0. The van der Waals surface area contributed by atoms with E-state index < -0.39 is 17.5 Å². The lowest BCUT2D eigenvalue weighted by Crippen LogP contribution is -2.20. The summed E-state index contributed by atoms with van der Waals surface area (Å²) in [5, 5.41) is 12.6. The van der Waals surface area contributed by atoms with Gasteiger partial charge in [0.2, 0.25) is 0 Å². The molecule has 0 saturated heterocycles. The fraction of sp³-hybridized carbons (Fsp3) is 0.375. The zero-order valence-corrected chi connectivity index (χ0v) is 18.9. The Morgan fingerprint density at radius 1 is 1.09 bits per heavy atom. The van der Waals surface area contributed by atoms with Crippen molar-refractivity contribution in [1.29, 1.82) is 0 Å². The molecule has 182 valence electrons. The van der Waals surface area contributed by atoms with Gasteiger partial charge in [0.15, 0.2) is 11.6 Å². The molecule has 35 heavy (non-hydrogen) atoms. The van der Waals surface area contributed by atoms with Crippen LogP contribution in [0.5, 0.6) is 0 Å². The number of rotatable bonds is 6. The number of anilines is 3. The highest BCUT2D eigenvalue weighted by atomic mass is 19.2. The molecule has 9 nitrogen and oxygen atoms in total. The summed E-state index contributed by atoms with van der Waals surface area (Å²) in [4.78, 5) is 28.8. The number of ether oxygens (including phenoxy) is 1. The van der Waals surface area contributed by atoms with E-state index in [-0.39, 0.29) is 34.9 Å². The van der Waals surface area contributed by atoms with Gasteiger partial charge in [-0.05, 0) is 61.8 Å². The Bertz CT molecular complexity index is 1260. The number of aromatic nitrogens is 3. The fourth-order valence-corrected chi connectivity index (χ4v) is 4.83. The summed E-state index contributed by atoms with van der Waals surface area (Å²) in [6.45, 7) is 0. The van der Waals surface area contributed by atoms with Crippen LogP contribution in [-0.4, -0.2) is 34.2 Å². The van der Waals surface area contributed by atoms with Gasteiger partial charge >= 0.3 is 23.8 Å². The molecule has 2 heterocycles. The van der Waals surface area contributed by atoms with E-state index in [1.807, 2.05) is 6.07 Å². The second-order valence-electron chi connectivity index (χ2n) is 9.01. The molecule has 2 N–H and O–H groups in total. The topological polar surface area (TPSA) is 119 Å². The van der Waals surface area contributed by atoms with E-state index in [9.17, 15) is 18.4 Å². The number of carbonyl (C=O) groups is 2. The van der Waals surface area contributed by atoms with E-state index in [2.05, 4.69) is 25.8 Å². The molecule has 1 aromatic carbocycles. The van der Waals surface area contributed by atoms with E-state index in [0.29, 0.717) is 11.6 Å². The minimum absolute atomic E-state index is 0.0382. The molecule has 2 aliphatic carbocycles. The standard InChI is InChI=1S/C24H23F2N5O4/c1-34-22(33)16-11-24(16)8-6-13(7-9-24)19-5-3-15(12-27-19)28-20(32)21-30-31-23(35-21)29-14-2-4-17(25)18(26)10-14/h2-5,10,12-13,16H,6-9,11H2,1H3,(H,28,32)(H,29,31)/t13-,16?,24-. The van der Waals surface area contributed by atoms with Crippen LogP contribution >= 0.6 is 0 Å². The first-order valence-electron chi connectivity index (χ1n) is 11.3. The summed E-state index contributed by atoms with van der Waals surface area (Å²) in [6, 6.07) is 6.68.